The lowest BCUT2D eigenvalue weighted by Gasteiger charge is -2.20. The number of carboxylic acids is 1. The minimum Gasteiger partial charge on any atom is -0.493 e. The molecule has 23 heavy (non-hydrogen) atoms. The molecule has 0 saturated carbocycles. The number of carbonyl (C=O) groups is 2. The highest BCUT2D eigenvalue weighted by Gasteiger charge is 2.32. The van der Waals surface area contributed by atoms with Gasteiger partial charge in [0.15, 0.2) is 0 Å². The van der Waals surface area contributed by atoms with Gasteiger partial charge >= 0.3 is 13.1 Å². The van der Waals surface area contributed by atoms with E-state index in [0.29, 0.717) is 12.1 Å². The van der Waals surface area contributed by atoms with Crippen LogP contribution >= 0.6 is 0 Å². The molecule has 9 heteroatoms. The van der Waals surface area contributed by atoms with Crippen molar-refractivity contribution in [3.05, 3.63) is 36.0 Å². The van der Waals surface area contributed by atoms with Crippen LogP contribution in [0, 0.1) is 0 Å². The molecule has 1 aliphatic rings. The second kappa shape index (κ2) is 7.75. The van der Waals surface area contributed by atoms with E-state index in [1.165, 1.54) is 6.07 Å². The van der Waals surface area contributed by atoms with E-state index in [1.54, 1.807) is 24.3 Å². The Balaban J connectivity index is 1.90. The predicted molar refractivity (Wildman–Crippen MR) is 80.4 cm³/mol. The molecule has 0 aliphatic carbocycles. The van der Waals surface area contributed by atoms with Crippen LogP contribution in [0.3, 0.4) is 0 Å². The molecule has 122 valence electrons. The molecule has 0 radical (unpaired) electrons. The molecule has 0 aromatic carbocycles. The van der Waals surface area contributed by atoms with Gasteiger partial charge in [0.2, 0.25) is 11.8 Å². The molecule has 0 saturated heterocycles. The van der Waals surface area contributed by atoms with Gasteiger partial charge in [-0.1, -0.05) is 18.2 Å². The Labute approximate surface area is 133 Å². The largest absolute Gasteiger partial charge is 0.493 e. The predicted octanol–water partition coefficient (Wildman–Crippen LogP) is -0.346. The average molecular weight is 320 g/mol. The number of carbonyl (C=O) groups excluding carboxylic acids is 1. The van der Waals surface area contributed by atoms with Crippen molar-refractivity contribution >= 4 is 19.0 Å². The van der Waals surface area contributed by atoms with E-state index < -0.39 is 25.1 Å². The van der Waals surface area contributed by atoms with Gasteiger partial charge in [-0.25, -0.2) is 4.98 Å². The smallest absolute Gasteiger partial charge is 0.478 e. The quantitative estimate of drug-likeness (QED) is 0.431. The third kappa shape index (κ3) is 5.39. The Morgan fingerprint density at radius 2 is 2.22 bits per heavy atom. The number of carboxylic acid groups (broad SMARTS) is 1. The molecular weight excluding hydrogens is 303 g/mol. The highest BCUT2D eigenvalue weighted by atomic mass is 16.5. The summed E-state index contributed by atoms with van der Waals surface area (Å²) in [5.74, 6) is -2.28. The number of amides is 1. The lowest BCUT2D eigenvalue weighted by atomic mass is 9.77. The maximum Gasteiger partial charge on any atom is 0.478 e. The third-order valence-electron chi connectivity index (χ3n) is 3.26. The first-order valence-electron chi connectivity index (χ1n) is 7.10. The van der Waals surface area contributed by atoms with Crippen molar-refractivity contribution in [2.24, 2.45) is 0 Å². The summed E-state index contributed by atoms with van der Waals surface area (Å²) in [7, 11) is -1.31. The molecule has 2 heterocycles. The summed E-state index contributed by atoms with van der Waals surface area (Å²) in [4.78, 5) is 26.5. The first kappa shape index (κ1) is 17.0. The van der Waals surface area contributed by atoms with Crippen molar-refractivity contribution in [1.29, 1.82) is 0 Å². The monoisotopic (exact) mass is 320 g/mol. The molecule has 2 atom stereocenters. The second-order valence-corrected chi connectivity index (χ2v) is 5.16. The summed E-state index contributed by atoms with van der Waals surface area (Å²) < 4.78 is 5.22. The number of hydrogen-bond acceptors (Lipinski definition) is 6. The number of nitrogens with zero attached hydrogens (tertiary/aromatic N) is 1. The Morgan fingerprint density at radius 1 is 1.43 bits per heavy atom. The highest BCUT2D eigenvalue weighted by Crippen LogP contribution is 2.13. The molecule has 1 aromatic heterocycles. The van der Waals surface area contributed by atoms with E-state index in [4.69, 9.17) is 9.76 Å². The van der Waals surface area contributed by atoms with Crippen LogP contribution in [-0.4, -0.2) is 51.3 Å². The molecule has 0 unspecified atom stereocenters. The van der Waals surface area contributed by atoms with Gasteiger partial charge in [-0.3, -0.25) is 9.59 Å². The molecule has 2 rings (SSSR count). The van der Waals surface area contributed by atoms with Gasteiger partial charge in [0.1, 0.15) is 0 Å². The Morgan fingerprint density at radius 3 is 2.91 bits per heavy atom. The Hall–Kier alpha value is -2.39. The molecule has 1 amide bonds. The number of nitrogens with one attached hydrogen (secondary N) is 1. The minimum absolute atomic E-state index is 0.0557. The van der Waals surface area contributed by atoms with Crippen LogP contribution in [0.2, 0.25) is 0 Å². The van der Waals surface area contributed by atoms with E-state index in [9.17, 15) is 19.7 Å². The van der Waals surface area contributed by atoms with Crippen LogP contribution in [0.15, 0.2) is 30.4 Å². The van der Waals surface area contributed by atoms with Crippen molar-refractivity contribution in [2.75, 3.05) is 0 Å². The van der Waals surface area contributed by atoms with E-state index in [0.717, 1.165) is 0 Å². The van der Waals surface area contributed by atoms with Gasteiger partial charge in [-0.05, 0) is 12.5 Å². The fourth-order valence-electron chi connectivity index (χ4n) is 2.22. The number of aromatic nitrogens is 1. The van der Waals surface area contributed by atoms with Crippen LogP contribution in [0.5, 0.6) is 5.88 Å². The van der Waals surface area contributed by atoms with Gasteiger partial charge < -0.3 is 25.2 Å². The van der Waals surface area contributed by atoms with Gasteiger partial charge in [0, 0.05) is 6.07 Å². The zero-order chi connectivity index (χ0) is 16.8. The van der Waals surface area contributed by atoms with E-state index in [1.807, 2.05) is 0 Å². The summed E-state index contributed by atoms with van der Waals surface area (Å²) in [6, 6.07) is 4.58. The Kier molecular flexibility index (Phi) is 5.72. The first-order valence-corrected chi connectivity index (χ1v) is 7.10. The fourth-order valence-corrected chi connectivity index (χ4v) is 2.22. The fraction of sp³-hybridized carbons (Fsp3) is 0.357. The van der Waals surface area contributed by atoms with Gasteiger partial charge in [-0.15, -0.1) is 0 Å². The molecular formula is C14H17BN2O6. The molecule has 0 spiro atoms. The molecule has 1 aromatic rings. The van der Waals surface area contributed by atoms with Crippen LogP contribution < -0.4 is 5.32 Å². The second-order valence-electron chi connectivity index (χ2n) is 5.16. The summed E-state index contributed by atoms with van der Waals surface area (Å²) in [6.07, 6.45) is 2.48. The summed E-state index contributed by atoms with van der Waals surface area (Å²) in [5.41, 5.74) is 0.394. The van der Waals surface area contributed by atoms with E-state index in [2.05, 4.69) is 10.3 Å². The zero-order valence-electron chi connectivity index (χ0n) is 12.3. The molecule has 1 aliphatic heterocycles. The van der Waals surface area contributed by atoms with Gasteiger partial charge in [-0.2, -0.15) is 0 Å². The minimum atomic E-state index is -1.31. The summed E-state index contributed by atoms with van der Waals surface area (Å²) >= 11 is 0. The maximum atomic E-state index is 12.0. The summed E-state index contributed by atoms with van der Waals surface area (Å²) in [6.45, 7) is 0. The van der Waals surface area contributed by atoms with E-state index >= 15 is 0 Å². The lowest BCUT2D eigenvalue weighted by Crippen LogP contribution is -2.48. The number of pyridine rings is 1. The lowest BCUT2D eigenvalue weighted by molar-refractivity contribution is -0.138. The van der Waals surface area contributed by atoms with Crippen LogP contribution in [0.4, 0.5) is 0 Å². The van der Waals surface area contributed by atoms with E-state index in [-0.39, 0.29) is 24.6 Å². The van der Waals surface area contributed by atoms with Gasteiger partial charge in [0.25, 0.3) is 0 Å². The van der Waals surface area contributed by atoms with Crippen molar-refractivity contribution in [3.8, 4) is 5.88 Å². The maximum absolute atomic E-state index is 12.0. The molecule has 0 fully saturated rings. The Bertz CT molecular complexity index is 609. The van der Waals surface area contributed by atoms with Crippen LogP contribution in [0.25, 0.3) is 0 Å². The number of hydrogen-bond donors (Lipinski definition) is 4. The zero-order valence-corrected chi connectivity index (χ0v) is 12.3. The third-order valence-corrected chi connectivity index (χ3v) is 3.26. The first-order chi connectivity index (χ1) is 10.9. The van der Waals surface area contributed by atoms with Crippen molar-refractivity contribution in [3.63, 3.8) is 0 Å². The highest BCUT2D eigenvalue weighted by molar-refractivity contribution is 6.45. The number of aromatic hydroxyl groups is 1. The normalized spacial score (nSPS) is 20.8. The average Bonchev–Trinajstić information content (AvgIpc) is 2.60. The van der Waals surface area contributed by atoms with Gasteiger partial charge in [0.05, 0.1) is 30.6 Å². The molecule has 0 bridgehead atoms. The molecule has 8 nitrogen and oxygen atoms in total. The van der Waals surface area contributed by atoms with Crippen molar-refractivity contribution in [2.45, 2.75) is 31.3 Å². The van der Waals surface area contributed by atoms with Crippen molar-refractivity contribution in [1.82, 2.24) is 10.3 Å². The van der Waals surface area contributed by atoms with Crippen LogP contribution in [-0.2, 0) is 20.7 Å². The number of aliphatic carboxylic acids is 1. The number of rotatable bonds is 5. The van der Waals surface area contributed by atoms with Crippen molar-refractivity contribution < 1.29 is 29.5 Å². The SMILES string of the molecule is O=C(O)C[C@H]1C=CC[C@H](NC(=O)Cc2cccc(O)n2)B(O)O1. The summed E-state index contributed by atoms with van der Waals surface area (Å²) in [5, 5.41) is 30.6. The standard InChI is InChI=1S/C14H17BN2O6/c18-12-6-1-3-9(16-12)7-13(19)17-11-5-2-4-10(8-14(20)21)23-15(11)22/h1-4,6,10-11,22H,5,7-8H2,(H,16,18)(H,17,19)(H,20,21)/t10-,11+/m1/s1. The topological polar surface area (TPSA) is 129 Å². The molecule has 4 N–H and O–H groups in total. The van der Waals surface area contributed by atoms with Crippen LogP contribution in [0.1, 0.15) is 18.5 Å².